The summed E-state index contributed by atoms with van der Waals surface area (Å²) in [5.41, 5.74) is 9.05. The number of aromatic nitrogens is 4. The van der Waals surface area contributed by atoms with Gasteiger partial charge in [0.15, 0.2) is 12.4 Å². The molecule has 0 atom stereocenters. The lowest BCUT2D eigenvalue weighted by Gasteiger charge is -2.11. The van der Waals surface area contributed by atoms with Gasteiger partial charge in [-0.2, -0.15) is 20.2 Å². The number of methoxy groups -OCH3 is 1. The van der Waals surface area contributed by atoms with E-state index in [9.17, 15) is 10.1 Å². The Morgan fingerprint density at radius 1 is 1.21 bits per heavy atom. The van der Waals surface area contributed by atoms with Gasteiger partial charge in [0.05, 0.1) is 7.11 Å². The molecular formula is C23H25N7O3. The molecule has 0 bridgehead atoms. The lowest BCUT2D eigenvalue weighted by Crippen LogP contribution is -2.17. The quantitative estimate of drug-likeness (QED) is 0.330. The summed E-state index contributed by atoms with van der Waals surface area (Å²) < 4.78 is 12.5. The number of carbonyl (C=O) groups is 1. The first-order valence-electron chi connectivity index (χ1n) is 10.0. The van der Waals surface area contributed by atoms with Crippen molar-refractivity contribution in [3.05, 3.63) is 58.7 Å². The molecule has 0 aliphatic carbocycles. The van der Waals surface area contributed by atoms with Gasteiger partial charge in [0.25, 0.3) is 0 Å². The Balaban J connectivity index is 1.82. The van der Waals surface area contributed by atoms with Crippen molar-refractivity contribution in [2.45, 2.75) is 20.5 Å². The van der Waals surface area contributed by atoms with Crippen molar-refractivity contribution in [2.75, 3.05) is 31.8 Å². The third-order valence-corrected chi connectivity index (χ3v) is 4.86. The minimum absolute atomic E-state index is 0.0155. The summed E-state index contributed by atoms with van der Waals surface area (Å²) in [4.78, 5) is 26.3. The Hall–Kier alpha value is -4.39. The SMILES string of the molecule is COc1ccc(-n2c(C)cc(/C=C(/C#N)C(=O)OCc3nc(N)nc(N(C)C)n3)c2C)cc1. The number of nitrogens with zero attached hydrogens (tertiary/aromatic N) is 6. The van der Waals surface area contributed by atoms with Gasteiger partial charge in [0.1, 0.15) is 17.4 Å². The van der Waals surface area contributed by atoms with Crippen molar-refractivity contribution < 1.29 is 14.3 Å². The summed E-state index contributed by atoms with van der Waals surface area (Å²) in [6, 6.07) is 11.4. The van der Waals surface area contributed by atoms with Gasteiger partial charge in [-0.15, -0.1) is 0 Å². The van der Waals surface area contributed by atoms with Crippen LogP contribution in [-0.2, 0) is 16.1 Å². The summed E-state index contributed by atoms with van der Waals surface area (Å²) in [5, 5.41) is 9.55. The number of hydrogen-bond acceptors (Lipinski definition) is 9. The van der Waals surface area contributed by atoms with Crippen LogP contribution in [0.5, 0.6) is 5.75 Å². The van der Waals surface area contributed by atoms with E-state index in [1.54, 1.807) is 26.1 Å². The normalized spacial score (nSPS) is 11.1. The fraction of sp³-hybridized carbons (Fsp3) is 0.261. The molecule has 0 unspecified atom stereocenters. The molecule has 170 valence electrons. The van der Waals surface area contributed by atoms with Crippen LogP contribution in [0.3, 0.4) is 0 Å². The highest BCUT2D eigenvalue weighted by molar-refractivity contribution is 5.98. The van der Waals surface area contributed by atoms with Crippen LogP contribution in [0.4, 0.5) is 11.9 Å². The first-order chi connectivity index (χ1) is 15.7. The van der Waals surface area contributed by atoms with Crippen molar-refractivity contribution >= 4 is 23.9 Å². The smallest absolute Gasteiger partial charge is 0.349 e. The first kappa shape index (κ1) is 23.3. The molecule has 3 rings (SSSR count). The van der Waals surface area contributed by atoms with E-state index in [1.165, 1.54) is 6.08 Å². The average Bonchev–Trinajstić information content (AvgIpc) is 3.08. The zero-order valence-corrected chi connectivity index (χ0v) is 19.2. The molecule has 0 amide bonds. The number of nitrogens with two attached hydrogens (primary N) is 1. The van der Waals surface area contributed by atoms with E-state index >= 15 is 0 Å². The van der Waals surface area contributed by atoms with E-state index in [4.69, 9.17) is 15.2 Å². The zero-order chi connectivity index (χ0) is 24.1. The van der Waals surface area contributed by atoms with Gasteiger partial charge in [-0.1, -0.05) is 0 Å². The molecule has 0 saturated heterocycles. The van der Waals surface area contributed by atoms with E-state index in [2.05, 4.69) is 15.0 Å². The van der Waals surface area contributed by atoms with E-state index in [-0.39, 0.29) is 24.0 Å². The molecule has 2 heterocycles. The average molecular weight is 447 g/mol. The number of aryl methyl sites for hydroxylation is 1. The minimum atomic E-state index is -0.780. The van der Waals surface area contributed by atoms with Gasteiger partial charge in [-0.3, -0.25) is 0 Å². The molecule has 2 aromatic heterocycles. The minimum Gasteiger partial charge on any atom is -0.497 e. The number of benzene rings is 1. The van der Waals surface area contributed by atoms with Gasteiger partial charge >= 0.3 is 5.97 Å². The number of esters is 1. The molecule has 1 aromatic carbocycles. The van der Waals surface area contributed by atoms with Gasteiger partial charge in [0.2, 0.25) is 11.9 Å². The van der Waals surface area contributed by atoms with Crippen LogP contribution in [0, 0.1) is 25.2 Å². The highest BCUT2D eigenvalue weighted by Crippen LogP contribution is 2.24. The second-order valence-electron chi connectivity index (χ2n) is 7.41. The maximum Gasteiger partial charge on any atom is 0.349 e. The topological polar surface area (TPSA) is 132 Å². The number of hydrogen-bond donors (Lipinski definition) is 1. The molecular weight excluding hydrogens is 422 g/mol. The Bertz CT molecular complexity index is 1240. The molecule has 3 aromatic rings. The predicted molar refractivity (Wildman–Crippen MR) is 124 cm³/mol. The number of anilines is 2. The monoisotopic (exact) mass is 447 g/mol. The number of nitrogen functional groups attached to an aromatic ring is 1. The molecule has 33 heavy (non-hydrogen) atoms. The third kappa shape index (κ3) is 5.27. The van der Waals surface area contributed by atoms with Crippen LogP contribution < -0.4 is 15.4 Å². The molecule has 2 N–H and O–H groups in total. The number of carbonyl (C=O) groups excluding carboxylic acids is 1. The largest absolute Gasteiger partial charge is 0.497 e. The number of ether oxygens (including phenoxy) is 2. The highest BCUT2D eigenvalue weighted by Gasteiger charge is 2.16. The van der Waals surface area contributed by atoms with Gasteiger partial charge in [-0.25, -0.2) is 4.79 Å². The van der Waals surface area contributed by atoms with Crippen LogP contribution in [0.15, 0.2) is 35.9 Å². The zero-order valence-electron chi connectivity index (χ0n) is 19.2. The first-order valence-corrected chi connectivity index (χ1v) is 10.0. The van der Waals surface area contributed by atoms with Crippen LogP contribution in [-0.4, -0.2) is 46.7 Å². The lowest BCUT2D eigenvalue weighted by atomic mass is 10.1. The second-order valence-corrected chi connectivity index (χ2v) is 7.41. The second kappa shape index (κ2) is 9.82. The summed E-state index contributed by atoms with van der Waals surface area (Å²) in [6.45, 7) is 3.63. The Labute approximate surface area is 191 Å². The molecule has 10 nitrogen and oxygen atoms in total. The van der Waals surface area contributed by atoms with Crippen molar-refractivity contribution in [3.63, 3.8) is 0 Å². The van der Waals surface area contributed by atoms with Gasteiger partial charge in [0, 0.05) is 31.2 Å². The standard InChI is InChI=1S/C23H25N7O3/c1-14-10-16(15(2)30(14)18-6-8-19(32-5)9-7-18)11-17(12-24)21(31)33-13-20-26-22(25)28-23(27-20)29(3)4/h6-11H,13H2,1-5H3,(H2,25,26,27,28)/b17-11-. The van der Waals surface area contributed by atoms with Crippen LogP contribution >= 0.6 is 0 Å². The maximum atomic E-state index is 12.6. The van der Waals surface area contributed by atoms with Crippen molar-refractivity contribution in [2.24, 2.45) is 0 Å². The molecule has 0 spiro atoms. The van der Waals surface area contributed by atoms with Crippen molar-refractivity contribution in [1.29, 1.82) is 5.26 Å². The van der Waals surface area contributed by atoms with Crippen molar-refractivity contribution in [1.82, 2.24) is 19.5 Å². The fourth-order valence-corrected chi connectivity index (χ4v) is 3.25. The van der Waals surface area contributed by atoms with Crippen LogP contribution in [0.2, 0.25) is 0 Å². The Morgan fingerprint density at radius 2 is 1.91 bits per heavy atom. The molecule has 0 aliphatic rings. The maximum absolute atomic E-state index is 12.6. The molecule has 0 saturated carbocycles. The van der Waals surface area contributed by atoms with Crippen LogP contribution in [0.1, 0.15) is 22.8 Å². The number of nitriles is 1. The molecule has 0 fully saturated rings. The number of rotatable bonds is 7. The Morgan fingerprint density at radius 3 is 2.52 bits per heavy atom. The van der Waals surface area contributed by atoms with Gasteiger partial charge in [-0.05, 0) is 55.8 Å². The third-order valence-electron chi connectivity index (χ3n) is 4.86. The van der Waals surface area contributed by atoms with E-state index in [1.807, 2.05) is 54.8 Å². The molecule has 0 radical (unpaired) electrons. The predicted octanol–water partition coefficient (Wildman–Crippen LogP) is 2.59. The lowest BCUT2D eigenvalue weighted by molar-refractivity contribution is -0.139. The van der Waals surface area contributed by atoms with Crippen molar-refractivity contribution in [3.8, 4) is 17.5 Å². The summed E-state index contributed by atoms with van der Waals surface area (Å²) >= 11 is 0. The fourth-order valence-electron chi connectivity index (χ4n) is 3.25. The van der Waals surface area contributed by atoms with Gasteiger partial charge < -0.3 is 24.7 Å². The summed E-state index contributed by atoms with van der Waals surface area (Å²) in [6.07, 6.45) is 1.51. The Kier molecular flexibility index (Phi) is 6.93. The molecule has 10 heteroatoms. The summed E-state index contributed by atoms with van der Waals surface area (Å²) in [7, 11) is 5.12. The van der Waals surface area contributed by atoms with E-state index in [0.29, 0.717) is 5.95 Å². The van der Waals surface area contributed by atoms with Crippen LogP contribution in [0.25, 0.3) is 11.8 Å². The highest BCUT2D eigenvalue weighted by atomic mass is 16.5. The summed E-state index contributed by atoms with van der Waals surface area (Å²) in [5.74, 6) is 0.525. The van der Waals surface area contributed by atoms with E-state index in [0.717, 1.165) is 28.4 Å². The van der Waals surface area contributed by atoms with E-state index < -0.39 is 5.97 Å². The molecule has 0 aliphatic heterocycles.